The van der Waals surface area contributed by atoms with Crippen molar-refractivity contribution in [2.75, 3.05) is 29.9 Å². The van der Waals surface area contributed by atoms with Crippen molar-refractivity contribution in [2.45, 2.75) is 45.6 Å². The minimum atomic E-state index is -0.272. The third kappa shape index (κ3) is 3.39. The van der Waals surface area contributed by atoms with E-state index >= 15 is 0 Å². The van der Waals surface area contributed by atoms with Crippen LogP contribution in [0.25, 0.3) is 0 Å². The van der Waals surface area contributed by atoms with Gasteiger partial charge < -0.3 is 15.0 Å². The van der Waals surface area contributed by atoms with Crippen molar-refractivity contribution in [3.8, 4) is 5.75 Å². The molecular formula is C22H26N4O3. The van der Waals surface area contributed by atoms with Crippen LogP contribution in [0.3, 0.4) is 0 Å². The number of carbonyl (C=O) groups is 1. The molecule has 2 fully saturated rings. The van der Waals surface area contributed by atoms with Gasteiger partial charge in [-0.05, 0) is 49.3 Å². The number of benzene rings is 1. The second-order valence-corrected chi connectivity index (χ2v) is 8.64. The Bertz CT molecular complexity index is 1030. The Morgan fingerprint density at radius 1 is 1.28 bits per heavy atom. The summed E-state index contributed by atoms with van der Waals surface area (Å²) in [5.41, 5.74) is 2.66. The van der Waals surface area contributed by atoms with Gasteiger partial charge in [0.15, 0.2) is 0 Å². The summed E-state index contributed by atoms with van der Waals surface area (Å²) in [4.78, 5) is 27.4. The molecule has 0 atom stereocenters. The lowest BCUT2D eigenvalue weighted by molar-refractivity contribution is -0.117. The fourth-order valence-corrected chi connectivity index (χ4v) is 4.71. The van der Waals surface area contributed by atoms with Gasteiger partial charge in [-0.15, -0.1) is 0 Å². The first-order chi connectivity index (χ1) is 14.0. The minimum Gasteiger partial charge on any atom is -0.493 e. The van der Waals surface area contributed by atoms with Crippen LogP contribution in [0.2, 0.25) is 0 Å². The van der Waals surface area contributed by atoms with E-state index in [2.05, 4.69) is 15.3 Å². The Morgan fingerprint density at radius 2 is 2.14 bits per heavy atom. The highest BCUT2D eigenvalue weighted by molar-refractivity contribution is 5.90. The molecule has 2 aliphatic heterocycles. The highest BCUT2D eigenvalue weighted by Crippen LogP contribution is 2.48. The number of amides is 1. The maximum atomic E-state index is 12.6. The van der Waals surface area contributed by atoms with Crippen LogP contribution in [0.4, 0.5) is 11.5 Å². The molecule has 152 valence electrons. The molecule has 1 aliphatic carbocycles. The van der Waals surface area contributed by atoms with Gasteiger partial charge in [-0.3, -0.25) is 9.59 Å². The van der Waals surface area contributed by atoms with Gasteiger partial charge in [0.2, 0.25) is 5.91 Å². The molecule has 1 N–H and O–H groups in total. The number of ether oxygens (including phenoxy) is 1. The number of nitrogens with one attached hydrogen (secondary N) is 1. The fraction of sp³-hybridized carbons (Fsp3) is 0.500. The molecule has 0 bridgehead atoms. The van der Waals surface area contributed by atoms with Crippen LogP contribution in [0.1, 0.15) is 36.8 Å². The smallest absolute Gasteiger partial charge is 0.270 e. The lowest BCUT2D eigenvalue weighted by Gasteiger charge is -2.38. The molecular weight excluding hydrogens is 368 g/mol. The van der Waals surface area contributed by atoms with E-state index in [9.17, 15) is 9.59 Å². The van der Waals surface area contributed by atoms with E-state index in [0.29, 0.717) is 23.3 Å². The average molecular weight is 394 g/mol. The molecule has 3 aliphatic rings. The fourth-order valence-electron chi connectivity index (χ4n) is 4.71. The standard InChI is InChI=1S/C22H26N4O3/c1-15-11-19(25-9-8-22(14-25)6-2-7-22)24-26(21(15)28)13-20(27)23-17-4-3-16-5-10-29-18(16)12-17/h3-4,11-12H,2,5-10,13-14H2,1H3,(H,23,27). The topological polar surface area (TPSA) is 76.5 Å². The number of rotatable bonds is 4. The monoisotopic (exact) mass is 394 g/mol. The number of hydrogen-bond acceptors (Lipinski definition) is 5. The summed E-state index contributed by atoms with van der Waals surface area (Å²) >= 11 is 0. The first-order valence-electron chi connectivity index (χ1n) is 10.4. The Hall–Kier alpha value is -2.83. The molecule has 5 rings (SSSR count). The van der Waals surface area contributed by atoms with E-state index in [1.807, 2.05) is 24.3 Å². The van der Waals surface area contributed by atoms with Crippen LogP contribution in [0, 0.1) is 12.3 Å². The first-order valence-corrected chi connectivity index (χ1v) is 10.4. The Labute approximate surface area is 169 Å². The number of aromatic nitrogens is 2. The SMILES string of the molecule is Cc1cc(N2CCC3(CCC3)C2)nn(CC(=O)Nc2ccc3c(c2)OCC3)c1=O. The molecule has 29 heavy (non-hydrogen) atoms. The van der Waals surface area contributed by atoms with Crippen LogP contribution in [0.15, 0.2) is 29.1 Å². The lowest BCUT2D eigenvalue weighted by Crippen LogP contribution is -2.36. The summed E-state index contributed by atoms with van der Waals surface area (Å²) in [6.45, 7) is 4.32. The highest BCUT2D eigenvalue weighted by Gasteiger charge is 2.43. The van der Waals surface area contributed by atoms with Crippen molar-refractivity contribution in [3.05, 3.63) is 45.7 Å². The maximum absolute atomic E-state index is 12.6. The van der Waals surface area contributed by atoms with Gasteiger partial charge >= 0.3 is 0 Å². The van der Waals surface area contributed by atoms with E-state index in [1.165, 1.54) is 30.4 Å². The van der Waals surface area contributed by atoms with Gasteiger partial charge in [0.1, 0.15) is 18.1 Å². The van der Waals surface area contributed by atoms with Crippen molar-refractivity contribution in [1.82, 2.24) is 9.78 Å². The van der Waals surface area contributed by atoms with Gasteiger partial charge in [-0.1, -0.05) is 12.5 Å². The molecule has 1 aromatic carbocycles. The molecule has 0 radical (unpaired) electrons. The van der Waals surface area contributed by atoms with E-state index in [-0.39, 0.29) is 18.0 Å². The van der Waals surface area contributed by atoms with Crippen molar-refractivity contribution in [3.63, 3.8) is 0 Å². The molecule has 0 unspecified atom stereocenters. The van der Waals surface area contributed by atoms with Crippen LogP contribution in [-0.2, 0) is 17.8 Å². The molecule has 7 heteroatoms. The third-order valence-electron chi connectivity index (χ3n) is 6.59. The Morgan fingerprint density at radius 3 is 2.90 bits per heavy atom. The van der Waals surface area contributed by atoms with Gasteiger partial charge in [-0.25, -0.2) is 4.68 Å². The molecule has 1 amide bonds. The number of carbonyl (C=O) groups excluding carboxylic acids is 1. The van der Waals surface area contributed by atoms with Gasteiger partial charge in [-0.2, -0.15) is 5.10 Å². The number of fused-ring (bicyclic) bond motifs is 1. The normalized spacial score (nSPS) is 19.0. The largest absolute Gasteiger partial charge is 0.493 e. The van der Waals surface area contributed by atoms with Crippen molar-refractivity contribution < 1.29 is 9.53 Å². The number of nitrogens with zero attached hydrogens (tertiary/aromatic N) is 3. The zero-order chi connectivity index (χ0) is 20.0. The molecule has 2 aromatic rings. The average Bonchev–Trinajstić information content (AvgIpc) is 3.31. The summed E-state index contributed by atoms with van der Waals surface area (Å²) in [5.74, 6) is 1.34. The van der Waals surface area contributed by atoms with Gasteiger partial charge in [0.05, 0.1) is 6.61 Å². The second kappa shape index (κ2) is 6.90. The third-order valence-corrected chi connectivity index (χ3v) is 6.59. The number of hydrogen-bond donors (Lipinski definition) is 1. The van der Waals surface area contributed by atoms with Crippen molar-refractivity contribution in [2.24, 2.45) is 5.41 Å². The summed E-state index contributed by atoms with van der Waals surface area (Å²) in [6, 6.07) is 7.52. The minimum absolute atomic E-state index is 0.107. The summed E-state index contributed by atoms with van der Waals surface area (Å²) in [5, 5.41) is 7.38. The summed E-state index contributed by atoms with van der Waals surface area (Å²) in [6.07, 6.45) is 5.97. The van der Waals surface area contributed by atoms with Crippen LogP contribution in [-0.4, -0.2) is 35.4 Å². The first kappa shape index (κ1) is 18.2. The van der Waals surface area contributed by atoms with Crippen LogP contribution < -0.4 is 20.5 Å². The molecule has 1 aromatic heterocycles. The van der Waals surface area contributed by atoms with E-state index in [4.69, 9.17) is 4.74 Å². The number of aryl methyl sites for hydroxylation is 1. The lowest BCUT2D eigenvalue weighted by atomic mass is 9.68. The van der Waals surface area contributed by atoms with E-state index in [1.54, 1.807) is 6.92 Å². The van der Waals surface area contributed by atoms with Gasteiger partial charge in [0, 0.05) is 36.8 Å². The van der Waals surface area contributed by atoms with E-state index in [0.717, 1.165) is 36.6 Å². The maximum Gasteiger partial charge on any atom is 0.270 e. The van der Waals surface area contributed by atoms with Crippen molar-refractivity contribution in [1.29, 1.82) is 0 Å². The Balaban J connectivity index is 1.32. The molecule has 1 spiro atoms. The summed E-state index contributed by atoms with van der Waals surface area (Å²) in [7, 11) is 0. The predicted molar refractivity (Wildman–Crippen MR) is 111 cm³/mol. The quantitative estimate of drug-likeness (QED) is 0.862. The molecule has 1 saturated heterocycles. The highest BCUT2D eigenvalue weighted by atomic mass is 16.5. The van der Waals surface area contributed by atoms with Crippen LogP contribution >= 0.6 is 0 Å². The summed E-state index contributed by atoms with van der Waals surface area (Å²) < 4.78 is 6.84. The van der Waals surface area contributed by atoms with Crippen LogP contribution in [0.5, 0.6) is 5.75 Å². The van der Waals surface area contributed by atoms with Gasteiger partial charge in [0.25, 0.3) is 5.56 Å². The molecule has 7 nitrogen and oxygen atoms in total. The Kier molecular flexibility index (Phi) is 4.33. The van der Waals surface area contributed by atoms with E-state index < -0.39 is 0 Å². The zero-order valence-electron chi connectivity index (χ0n) is 16.7. The zero-order valence-corrected chi connectivity index (χ0v) is 16.7. The second-order valence-electron chi connectivity index (χ2n) is 8.64. The number of anilines is 2. The van der Waals surface area contributed by atoms with Crippen molar-refractivity contribution >= 4 is 17.4 Å². The predicted octanol–water partition coefficient (Wildman–Crippen LogP) is 2.51. The molecule has 3 heterocycles. The molecule has 1 saturated carbocycles.